The number of nitrogens with zero attached hydrogens (tertiary/aromatic N) is 2. The summed E-state index contributed by atoms with van der Waals surface area (Å²) in [7, 11) is 0. The topological polar surface area (TPSA) is 68.0 Å². The van der Waals surface area contributed by atoms with Gasteiger partial charge in [-0.1, -0.05) is 22.6 Å². The maximum Gasteiger partial charge on any atom is 0.279 e. The lowest BCUT2D eigenvalue weighted by molar-refractivity contribution is 0.101. The molecule has 0 spiro atoms. The number of anilines is 1. The molecule has 5 nitrogen and oxygen atoms in total. The Bertz CT molecular complexity index is 804. The molecular weight excluding hydrogens is 274 g/mol. The van der Waals surface area contributed by atoms with E-state index >= 15 is 0 Å². The smallest absolute Gasteiger partial charge is 0.279 e. The lowest BCUT2D eigenvalue weighted by Gasteiger charge is -1.96. The molecule has 0 unspecified atom stereocenters. The van der Waals surface area contributed by atoms with Crippen molar-refractivity contribution in [1.82, 2.24) is 10.1 Å². The van der Waals surface area contributed by atoms with E-state index in [0.717, 1.165) is 15.8 Å². The van der Waals surface area contributed by atoms with Crippen LogP contribution in [0.5, 0.6) is 0 Å². The van der Waals surface area contributed by atoms with Gasteiger partial charge in [0.15, 0.2) is 10.8 Å². The number of aryl methyl sites for hydroxylation is 3. The van der Waals surface area contributed by atoms with E-state index in [1.807, 2.05) is 13.8 Å². The fourth-order valence-corrected chi connectivity index (χ4v) is 3.10. The van der Waals surface area contributed by atoms with Gasteiger partial charge >= 0.3 is 0 Å². The predicted octanol–water partition coefficient (Wildman–Crippen LogP) is 3.46. The lowest BCUT2D eigenvalue weighted by Crippen LogP contribution is -2.11. The fraction of sp³-hybridized carbons (Fsp3) is 0.214. The van der Waals surface area contributed by atoms with Gasteiger partial charge in [0, 0.05) is 6.07 Å². The molecule has 2 aromatic heterocycles. The van der Waals surface area contributed by atoms with Gasteiger partial charge in [-0.15, -0.1) is 0 Å². The van der Waals surface area contributed by atoms with Crippen molar-refractivity contribution in [3.05, 3.63) is 40.8 Å². The van der Waals surface area contributed by atoms with Crippen molar-refractivity contribution in [3.63, 3.8) is 0 Å². The van der Waals surface area contributed by atoms with Gasteiger partial charge in [-0.25, -0.2) is 4.98 Å². The Morgan fingerprint density at radius 1 is 1.25 bits per heavy atom. The molecule has 0 aliphatic rings. The number of rotatable bonds is 2. The number of nitrogens with one attached hydrogen (secondary N) is 1. The number of benzene rings is 1. The van der Waals surface area contributed by atoms with E-state index in [-0.39, 0.29) is 11.6 Å². The van der Waals surface area contributed by atoms with Crippen molar-refractivity contribution in [3.8, 4) is 0 Å². The molecule has 0 saturated heterocycles. The van der Waals surface area contributed by atoms with E-state index in [1.165, 1.54) is 16.9 Å². The Kier molecular flexibility index (Phi) is 3.02. The fourth-order valence-electron chi connectivity index (χ4n) is 2.06. The number of carbonyl (C=O) groups is 1. The Morgan fingerprint density at radius 2 is 2.05 bits per heavy atom. The van der Waals surface area contributed by atoms with Crippen LogP contribution in [-0.2, 0) is 0 Å². The zero-order valence-corrected chi connectivity index (χ0v) is 12.2. The number of aromatic nitrogens is 2. The van der Waals surface area contributed by atoms with Gasteiger partial charge in [-0.2, -0.15) is 0 Å². The van der Waals surface area contributed by atoms with Gasteiger partial charge in [-0.05, 0) is 38.0 Å². The van der Waals surface area contributed by atoms with Crippen LogP contribution in [-0.4, -0.2) is 16.0 Å². The molecule has 20 heavy (non-hydrogen) atoms. The first-order chi connectivity index (χ1) is 9.52. The van der Waals surface area contributed by atoms with Crippen molar-refractivity contribution in [2.24, 2.45) is 0 Å². The Labute approximate surface area is 119 Å². The van der Waals surface area contributed by atoms with Crippen molar-refractivity contribution < 1.29 is 9.32 Å². The average molecular weight is 287 g/mol. The van der Waals surface area contributed by atoms with E-state index in [1.54, 1.807) is 13.0 Å². The van der Waals surface area contributed by atoms with E-state index in [0.29, 0.717) is 10.9 Å². The van der Waals surface area contributed by atoms with Crippen molar-refractivity contribution in [2.75, 3.05) is 5.32 Å². The minimum Gasteiger partial charge on any atom is -0.361 e. The SMILES string of the molecule is Cc1cc(C)c2nc(NC(=O)c3cc(C)on3)sc2c1. The van der Waals surface area contributed by atoms with Crippen molar-refractivity contribution >= 4 is 32.6 Å². The van der Waals surface area contributed by atoms with Crippen LogP contribution in [0.1, 0.15) is 27.4 Å². The van der Waals surface area contributed by atoms with Crippen LogP contribution in [0.15, 0.2) is 22.7 Å². The van der Waals surface area contributed by atoms with Gasteiger partial charge in [0.05, 0.1) is 10.2 Å². The van der Waals surface area contributed by atoms with Gasteiger partial charge in [0.1, 0.15) is 5.76 Å². The van der Waals surface area contributed by atoms with E-state index < -0.39 is 0 Å². The van der Waals surface area contributed by atoms with Crippen LogP contribution < -0.4 is 5.32 Å². The molecule has 3 aromatic rings. The van der Waals surface area contributed by atoms with Crippen molar-refractivity contribution in [2.45, 2.75) is 20.8 Å². The highest BCUT2D eigenvalue weighted by molar-refractivity contribution is 7.22. The molecule has 0 aliphatic heterocycles. The number of amides is 1. The summed E-state index contributed by atoms with van der Waals surface area (Å²) in [5.41, 5.74) is 3.47. The third-order valence-electron chi connectivity index (χ3n) is 2.91. The summed E-state index contributed by atoms with van der Waals surface area (Å²) in [5.74, 6) is 0.293. The normalized spacial score (nSPS) is 10.9. The zero-order valence-electron chi connectivity index (χ0n) is 11.4. The molecule has 1 amide bonds. The Balaban J connectivity index is 1.91. The number of carbonyl (C=O) groups excluding carboxylic acids is 1. The molecule has 3 rings (SSSR count). The molecule has 6 heteroatoms. The molecule has 1 N–H and O–H groups in total. The summed E-state index contributed by atoms with van der Waals surface area (Å²) in [4.78, 5) is 16.4. The highest BCUT2D eigenvalue weighted by Crippen LogP contribution is 2.29. The molecule has 0 radical (unpaired) electrons. The molecule has 0 saturated carbocycles. The number of hydrogen-bond acceptors (Lipinski definition) is 5. The zero-order chi connectivity index (χ0) is 14.3. The average Bonchev–Trinajstić information content (AvgIpc) is 2.95. The molecular formula is C14H13N3O2S. The Hall–Kier alpha value is -2.21. The quantitative estimate of drug-likeness (QED) is 0.783. The van der Waals surface area contributed by atoms with Crippen LogP contribution in [0.25, 0.3) is 10.2 Å². The van der Waals surface area contributed by atoms with Gasteiger partial charge in [0.25, 0.3) is 5.91 Å². The van der Waals surface area contributed by atoms with Crippen LogP contribution in [0.2, 0.25) is 0 Å². The number of hydrogen-bond donors (Lipinski definition) is 1. The highest BCUT2D eigenvalue weighted by atomic mass is 32.1. The maximum absolute atomic E-state index is 12.0. The molecule has 0 aliphatic carbocycles. The third kappa shape index (κ3) is 2.30. The van der Waals surface area contributed by atoms with Crippen LogP contribution in [0.4, 0.5) is 5.13 Å². The third-order valence-corrected chi connectivity index (χ3v) is 3.83. The summed E-state index contributed by atoms with van der Waals surface area (Å²) in [6, 6.07) is 5.74. The second kappa shape index (κ2) is 4.72. The standard InChI is InChI=1S/C14H13N3O2S/c1-7-4-8(2)12-11(5-7)20-14(15-12)16-13(18)10-6-9(3)19-17-10/h4-6H,1-3H3,(H,15,16,18). The van der Waals surface area contributed by atoms with Crippen LogP contribution in [0, 0.1) is 20.8 Å². The minimum atomic E-state index is -0.310. The molecule has 2 heterocycles. The lowest BCUT2D eigenvalue weighted by atomic mass is 10.1. The molecule has 0 atom stereocenters. The maximum atomic E-state index is 12.0. The first-order valence-corrected chi connectivity index (χ1v) is 6.97. The molecule has 0 fully saturated rings. The minimum absolute atomic E-state index is 0.259. The first-order valence-electron chi connectivity index (χ1n) is 6.15. The number of thiazole rings is 1. The summed E-state index contributed by atoms with van der Waals surface area (Å²) >= 11 is 1.45. The Morgan fingerprint density at radius 3 is 2.75 bits per heavy atom. The first kappa shape index (κ1) is 12.8. The molecule has 102 valence electrons. The number of fused-ring (bicyclic) bond motifs is 1. The van der Waals surface area contributed by atoms with E-state index in [9.17, 15) is 4.79 Å². The summed E-state index contributed by atoms with van der Waals surface area (Å²) < 4.78 is 5.95. The van der Waals surface area contributed by atoms with E-state index in [2.05, 4.69) is 27.6 Å². The molecule has 0 bridgehead atoms. The van der Waals surface area contributed by atoms with Crippen molar-refractivity contribution in [1.29, 1.82) is 0 Å². The van der Waals surface area contributed by atoms with Crippen LogP contribution >= 0.6 is 11.3 Å². The van der Waals surface area contributed by atoms with E-state index in [4.69, 9.17) is 4.52 Å². The van der Waals surface area contributed by atoms with Crippen LogP contribution in [0.3, 0.4) is 0 Å². The monoisotopic (exact) mass is 287 g/mol. The second-order valence-corrected chi connectivity index (χ2v) is 5.76. The summed E-state index contributed by atoms with van der Waals surface area (Å²) in [6.07, 6.45) is 0. The summed E-state index contributed by atoms with van der Waals surface area (Å²) in [5, 5.41) is 7.01. The summed E-state index contributed by atoms with van der Waals surface area (Å²) in [6.45, 7) is 5.80. The van der Waals surface area contributed by atoms with Gasteiger partial charge in [0.2, 0.25) is 0 Å². The largest absolute Gasteiger partial charge is 0.361 e. The highest BCUT2D eigenvalue weighted by Gasteiger charge is 2.14. The second-order valence-electron chi connectivity index (χ2n) is 4.72. The van der Waals surface area contributed by atoms with Gasteiger partial charge in [-0.3, -0.25) is 10.1 Å². The van der Waals surface area contributed by atoms with Gasteiger partial charge < -0.3 is 4.52 Å². The molecule has 1 aromatic carbocycles. The predicted molar refractivity (Wildman–Crippen MR) is 78.3 cm³/mol.